The molecule has 0 aliphatic heterocycles. The average Bonchev–Trinajstić information content (AvgIpc) is 2.82. The molecule has 1 heterocycles. The molecule has 0 N–H and O–H groups in total. The maximum absolute atomic E-state index is 11.9. The zero-order valence-electron chi connectivity index (χ0n) is 8.60. The van der Waals surface area contributed by atoms with Crippen LogP contribution in [0, 0.1) is 0 Å². The predicted molar refractivity (Wildman–Crippen MR) is 55.2 cm³/mol. The Morgan fingerprint density at radius 2 is 1.88 bits per heavy atom. The number of alkyl halides is 2. The Morgan fingerprint density at radius 1 is 1.18 bits per heavy atom. The monoisotopic (exact) mass is 238 g/mol. The van der Waals surface area contributed by atoms with E-state index in [0.29, 0.717) is 5.56 Å². The Balaban J connectivity index is 2.15. The maximum Gasteiger partial charge on any atom is 0.387 e. The van der Waals surface area contributed by atoms with Crippen molar-refractivity contribution in [2.24, 2.45) is 0 Å². The lowest BCUT2D eigenvalue weighted by Crippen LogP contribution is -2.03. The summed E-state index contributed by atoms with van der Waals surface area (Å²) in [5.74, 6) is -0.0953. The number of hydrogen-bond acceptors (Lipinski definition) is 3. The second-order valence-electron chi connectivity index (χ2n) is 3.21. The maximum atomic E-state index is 11.9. The average molecular weight is 238 g/mol. The SMILES string of the molecule is O=C(c1ccc(OC(F)F)cc1)c1ccco1. The molecule has 1 aromatic carbocycles. The summed E-state index contributed by atoms with van der Waals surface area (Å²) < 4.78 is 32.9. The van der Waals surface area contributed by atoms with Crippen LogP contribution in [-0.4, -0.2) is 12.4 Å². The van der Waals surface area contributed by atoms with Crippen molar-refractivity contribution in [2.45, 2.75) is 6.61 Å². The lowest BCUT2D eigenvalue weighted by atomic mass is 10.1. The number of benzene rings is 1. The second-order valence-corrected chi connectivity index (χ2v) is 3.21. The Kier molecular flexibility index (Phi) is 3.18. The standard InChI is InChI=1S/C12H8F2O3/c13-12(14)17-9-5-3-8(4-6-9)11(15)10-2-1-7-16-10/h1-7,12H. The van der Waals surface area contributed by atoms with Crippen molar-refractivity contribution < 1.29 is 22.7 Å². The van der Waals surface area contributed by atoms with Crippen LogP contribution in [0.5, 0.6) is 5.75 Å². The van der Waals surface area contributed by atoms with E-state index in [1.54, 1.807) is 6.07 Å². The fourth-order valence-electron chi connectivity index (χ4n) is 1.34. The van der Waals surface area contributed by atoms with E-state index in [2.05, 4.69) is 4.74 Å². The number of ether oxygens (including phenoxy) is 1. The van der Waals surface area contributed by atoms with E-state index in [1.165, 1.54) is 36.6 Å². The Labute approximate surface area is 95.6 Å². The molecule has 0 bridgehead atoms. The molecule has 88 valence electrons. The van der Waals surface area contributed by atoms with Gasteiger partial charge in [-0.05, 0) is 36.4 Å². The van der Waals surface area contributed by atoms with Crippen LogP contribution < -0.4 is 4.74 Å². The quantitative estimate of drug-likeness (QED) is 0.768. The highest BCUT2D eigenvalue weighted by Gasteiger charge is 2.12. The highest BCUT2D eigenvalue weighted by atomic mass is 19.3. The largest absolute Gasteiger partial charge is 0.461 e. The van der Waals surface area contributed by atoms with E-state index in [9.17, 15) is 13.6 Å². The van der Waals surface area contributed by atoms with Crippen molar-refractivity contribution in [3.8, 4) is 5.75 Å². The van der Waals surface area contributed by atoms with Crippen LogP contribution in [-0.2, 0) is 0 Å². The molecule has 0 fully saturated rings. The van der Waals surface area contributed by atoms with E-state index in [1.807, 2.05) is 0 Å². The van der Waals surface area contributed by atoms with Crippen molar-refractivity contribution in [1.82, 2.24) is 0 Å². The lowest BCUT2D eigenvalue weighted by Gasteiger charge is -2.04. The van der Waals surface area contributed by atoms with Gasteiger partial charge in [0.15, 0.2) is 5.76 Å². The Morgan fingerprint density at radius 3 is 2.41 bits per heavy atom. The van der Waals surface area contributed by atoms with Gasteiger partial charge in [0.05, 0.1) is 6.26 Å². The van der Waals surface area contributed by atoms with E-state index < -0.39 is 6.61 Å². The smallest absolute Gasteiger partial charge is 0.387 e. The van der Waals surface area contributed by atoms with Gasteiger partial charge >= 0.3 is 6.61 Å². The fraction of sp³-hybridized carbons (Fsp3) is 0.0833. The van der Waals surface area contributed by atoms with E-state index in [4.69, 9.17) is 4.42 Å². The van der Waals surface area contributed by atoms with Gasteiger partial charge in [0.1, 0.15) is 5.75 Å². The van der Waals surface area contributed by atoms with E-state index in [0.717, 1.165) is 0 Å². The van der Waals surface area contributed by atoms with Gasteiger partial charge in [-0.2, -0.15) is 8.78 Å². The lowest BCUT2D eigenvalue weighted by molar-refractivity contribution is -0.0498. The summed E-state index contributed by atoms with van der Waals surface area (Å²) >= 11 is 0. The summed E-state index contributed by atoms with van der Waals surface area (Å²) in [6.07, 6.45) is 1.39. The molecule has 2 rings (SSSR count). The van der Waals surface area contributed by atoms with E-state index >= 15 is 0 Å². The minimum Gasteiger partial charge on any atom is -0.461 e. The summed E-state index contributed by atoms with van der Waals surface area (Å²) in [5, 5.41) is 0. The molecule has 1 aromatic heterocycles. The van der Waals surface area contributed by atoms with Crippen LogP contribution in [0.15, 0.2) is 47.1 Å². The summed E-state index contributed by atoms with van der Waals surface area (Å²) in [4.78, 5) is 11.8. The van der Waals surface area contributed by atoms with Crippen molar-refractivity contribution in [3.63, 3.8) is 0 Å². The van der Waals surface area contributed by atoms with E-state index in [-0.39, 0.29) is 17.3 Å². The van der Waals surface area contributed by atoms with Crippen LogP contribution in [0.2, 0.25) is 0 Å². The van der Waals surface area contributed by atoms with Gasteiger partial charge < -0.3 is 9.15 Å². The molecule has 2 aromatic rings. The first-order valence-electron chi connectivity index (χ1n) is 4.80. The first-order chi connectivity index (χ1) is 8.16. The minimum atomic E-state index is -2.87. The Bertz CT molecular complexity index is 489. The molecule has 0 amide bonds. The predicted octanol–water partition coefficient (Wildman–Crippen LogP) is 3.11. The van der Waals surface area contributed by atoms with Gasteiger partial charge in [-0.15, -0.1) is 0 Å². The zero-order valence-corrected chi connectivity index (χ0v) is 8.60. The molecular formula is C12H8F2O3. The number of hydrogen-bond donors (Lipinski definition) is 0. The van der Waals surface area contributed by atoms with Gasteiger partial charge in [-0.25, -0.2) is 0 Å². The summed E-state index contributed by atoms with van der Waals surface area (Å²) in [6.45, 7) is -2.87. The van der Waals surface area contributed by atoms with Crippen LogP contribution in [0.4, 0.5) is 8.78 Å². The van der Waals surface area contributed by atoms with Crippen LogP contribution in [0.25, 0.3) is 0 Å². The number of carbonyl (C=O) groups excluding carboxylic acids is 1. The molecule has 0 saturated carbocycles. The summed E-state index contributed by atoms with van der Waals surface area (Å²) in [5.41, 5.74) is 0.349. The molecule has 0 saturated heterocycles. The molecule has 0 spiro atoms. The first-order valence-corrected chi connectivity index (χ1v) is 4.80. The number of carbonyl (C=O) groups is 1. The topological polar surface area (TPSA) is 39.4 Å². The normalized spacial score (nSPS) is 10.5. The van der Waals surface area contributed by atoms with Gasteiger partial charge in [-0.1, -0.05) is 0 Å². The van der Waals surface area contributed by atoms with Gasteiger partial charge in [0, 0.05) is 5.56 Å². The van der Waals surface area contributed by atoms with Crippen molar-refractivity contribution in [1.29, 1.82) is 0 Å². The highest BCUT2D eigenvalue weighted by molar-refractivity contribution is 6.07. The number of ketones is 1. The summed E-state index contributed by atoms with van der Waals surface area (Å²) in [7, 11) is 0. The van der Waals surface area contributed by atoms with Crippen LogP contribution in [0.3, 0.4) is 0 Å². The summed E-state index contributed by atoms with van der Waals surface area (Å²) in [6, 6.07) is 8.56. The number of halogens is 2. The third-order valence-corrected chi connectivity index (χ3v) is 2.09. The first kappa shape index (κ1) is 11.3. The van der Waals surface area contributed by atoms with Crippen molar-refractivity contribution >= 4 is 5.78 Å². The number of rotatable bonds is 4. The molecule has 0 aliphatic rings. The third-order valence-electron chi connectivity index (χ3n) is 2.09. The molecule has 3 nitrogen and oxygen atoms in total. The fourth-order valence-corrected chi connectivity index (χ4v) is 1.34. The van der Waals surface area contributed by atoms with Gasteiger partial charge in [-0.3, -0.25) is 4.79 Å². The van der Waals surface area contributed by atoms with Gasteiger partial charge in [0.2, 0.25) is 5.78 Å². The van der Waals surface area contributed by atoms with Crippen molar-refractivity contribution in [3.05, 3.63) is 54.0 Å². The second kappa shape index (κ2) is 4.78. The third kappa shape index (κ3) is 2.69. The van der Waals surface area contributed by atoms with Crippen LogP contribution in [0.1, 0.15) is 16.1 Å². The zero-order chi connectivity index (χ0) is 12.3. The Hall–Kier alpha value is -2.17. The molecule has 0 aliphatic carbocycles. The van der Waals surface area contributed by atoms with Gasteiger partial charge in [0.25, 0.3) is 0 Å². The number of furan rings is 1. The molecular weight excluding hydrogens is 230 g/mol. The molecule has 17 heavy (non-hydrogen) atoms. The molecule has 5 heteroatoms. The van der Waals surface area contributed by atoms with Crippen LogP contribution >= 0.6 is 0 Å². The minimum absolute atomic E-state index is 0.0102. The molecule has 0 unspecified atom stereocenters. The molecule has 0 atom stereocenters. The highest BCUT2D eigenvalue weighted by Crippen LogP contribution is 2.17. The van der Waals surface area contributed by atoms with Crippen molar-refractivity contribution in [2.75, 3.05) is 0 Å². The molecule has 0 radical (unpaired) electrons.